The van der Waals surface area contributed by atoms with Gasteiger partial charge in [-0.1, -0.05) is 64.8 Å². The van der Waals surface area contributed by atoms with Crippen molar-refractivity contribution in [1.82, 2.24) is 0 Å². The molecule has 1 aliphatic heterocycles. The summed E-state index contributed by atoms with van der Waals surface area (Å²) in [6, 6.07) is 6.36. The number of hydrogen-bond acceptors (Lipinski definition) is 5. The molecule has 0 radical (unpaired) electrons. The molecule has 0 amide bonds. The Hall–Kier alpha value is -1.92. The van der Waals surface area contributed by atoms with Gasteiger partial charge < -0.3 is 13.9 Å². The van der Waals surface area contributed by atoms with Gasteiger partial charge in [0.05, 0.1) is 13.2 Å². The fourth-order valence-electron chi connectivity index (χ4n) is 5.20. The molecular weight excluding hydrogens is 468 g/mol. The van der Waals surface area contributed by atoms with Crippen molar-refractivity contribution in [3.8, 4) is 5.75 Å². The minimum atomic E-state index is -1.99. The number of carbonyl (C=O) groups excluding carboxylic acids is 2. The molecular formula is C30H46O5Si. The van der Waals surface area contributed by atoms with Crippen molar-refractivity contribution in [1.29, 1.82) is 0 Å². The van der Waals surface area contributed by atoms with E-state index in [0.717, 1.165) is 49.8 Å². The third kappa shape index (κ3) is 6.68. The van der Waals surface area contributed by atoms with E-state index in [1.54, 1.807) is 0 Å². The Kier molecular flexibility index (Phi) is 9.61. The minimum absolute atomic E-state index is 0.0386. The number of ether oxygens (including phenoxy) is 2. The van der Waals surface area contributed by atoms with Crippen LogP contribution < -0.4 is 4.74 Å². The number of ketones is 1. The van der Waals surface area contributed by atoms with E-state index >= 15 is 0 Å². The van der Waals surface area contributed by atoms with Crippen LogP contribution in [0.15, 0.2) is 30.4 Å². The summed E-state index contributed by atoms with van der Waals surface area (Å²) in [5.74, 6) is 1.27. The molecule has 0 spiro atoms. The third-order valence-corrected chi connectivity index (χ3v) is 12.8. The maximum absolute atomic E-state index is 12.6. The molecule has 0 N–H and O–H groups in total. The molecule has 2 aliphatic rings. The summed E-state index contributed by atoms with van der Waals surface area (Å²) >= 11 is 0. The second kappa shape index (κ2) is 12.1. The second-order valence-corrected chi connectivity index (χ2v) is 16.7. The number of aryl methyl sites for hydroxylation is 1. The number of hydrogen-bond donors (Lipinski definition) is 0. The zero-order valence-electron chi connectivity index (χ0n) is 23.4. The quantitative estimate of drug-likeness (QED) is 0.128. The van der Waals surface area contributed by atoms with Crippen molar-refractivity contribution in [2.75, 3.05) is 7.11 Å². The molecule has 1 aromatic rings. The van der Waals surface area contributed by atoms with Gasteiger partial charge in [-0.3, -0.25) is 9.59 Å². The van der Waals surface area contributed by atoms with E-state index in [9.17, 15) is 9.59 Å². The number of methoxy groups -OCH3 is 1. The van der Waals surface area contributed by atoms with E-state index in [4.69, 9.17) is 13.9 Å². The van der Waals surface area contributed by atoms with Gasteiger partial charge in [-0.25, -0.2) is 0 Å². The highest BCUT2D eigenvalue weighted by Crippen LogP contribution is 2.54. The van der Waals surface area contributed by atoms with Crippen molar-refractivity contribution < 1.29 is 23.5 Å². The molecule has 3 rings (SSSR count). The van der Waals surface area contributed by atoms with Crippen molar-refractivity contribution in [3.05, 3.63) is 41.5 Å². The Balaban J connectivity index is 1.85. The van der Waals surface area contributed by atoms with Crippen LogP contribution in [-0.2, 0) is 25.2 Å². The predicted octanol–water partition coefficient (Wildman–Crippen LogP) is 7.14. The summed E-state index contributed by atoms with van der Waals surface area (Å²) in [6.45, 7) is 13.6. The van der Waals surface area contributed by atoms with E-state index in [1.807, 2.05) is 6.08 Å². The molecule has 1 saturated carbocycles. The SMILES string of the molecule is CCCCCC(=O)/C=C/[C@@H]1[C@H]2c3cccc(CCCC(=O)OC)c3O[C@H]2C[C@H]1O[Si](C)(C)C(C)(C)C. The Labute approximate surface area is 219 Å². The molecule has 1 aromatic carbocycles. The van der Waals surface area contributed by atoms with Crippen molar-refractivity contribution in [2.45, 2.75) is 115 Å². The van der Waals surface area contributed by atoms with Crippen LogP contribution in [-0.4, -0.2) is 39.4 Å². The number of benzene rings is 1. The van der Waals surface area contributed by atoms with Gasteiger partial charge in [0.1, 0.15) is 11.9 Å². The van der Waals surface area contributed by atoms with Gasteiger partial charge in [0.15, 0.2) is 14.1 Å². The summed E-state index contributed by atoms with van der Waals surface area (Å²) in [6.07, 6.45) is 10.5. The van der Waals surface area contributed by atoms with E-state index < -0.39 is 8.32 Å². The number of allylic oxidation sites excluding steroid dienone is 1. The average Bonchev–Trinajstić information content (AvgIpc) is 3.32. The fraction of sp³-hybridized carbons (Fsp3) is 0.667. The summed E-state index contributed by atoms with van der Waals surface area (Å²) < 4.78 is 18.3. The van der Waals surface area contributed by atoms with Crippen LogP contribution >= 0.6 is 0 Å². The summed E-state index contributed by atoms with van der Waals surface area (Å²) in [4.78, 5) is 24.2. The Morgan fingerprint density at radius 2 is 1.89 bits per heavy atom. The van der Waals surface area contributed by atoms with Gasteiger partial charge in [-0.15, -0.1) is 0 Å². The largest absolute Gasteiger partial charge is 0.489 e. The first-order chi connectivity index (χ1) is 17.0. The second-order valence-electron chi connectivity index (χ2n) is 12.0. The molecule has 0 bridgehead atoms. The summed E-state index contributed by atoms with van der Waals surface area (Å²) in [5.41, 5.74) is 2.36. The molecule has 36 heavy (non-hydrogen) atoms. The van der Waals surface area contributed by atoms with E-state index in [0.29, 0.717) is 12.8 Å². The van der Waals surface area contributed by atoms with Gasteiger partial charge in [0.25, 0.3) is 0 Å². The predicted molar refractivity (Wildman–Crippen MR) is 147 cm³/mol. The lowest BCUT2D eigenvalue weighted by Gasteiger charge is -2.40. The highest BCUT2D eigenvalue weighted by atomic mass is 28.4. The zero-order valence-corrected chi connectivity index (χ0v) is 24.4. The molecule has 4 atom stereocenters. The van der Waals surface area contributed by atoms with Gasteiger partial charge in [0.2, 0.25) is 0 Å². The minimum Gasteiger partial charge on any atom is -0.489 e. The fourth-order valence-corrected chi connectivity index (χ4v) is 6.57. The molecule has 1 heterocycles. The van der Waals surface area contributed by atoms with Crippen LogP contribution in [0.5, 0.6) is 5.75 Å². The lowest BCUT2D eigenvalue weighted by atomic mass is 9.86. The normalized spacial score (nSPS) is 23.4. The standard InChI is InChI=1S/C30H46O5Si/c1-8-9-10-15-22(31)18-19-23-25(35-36(6,7)30(2,3)4)20-26-28(23)24-16-11-13-21(29(24)34-26)14-12-17-27(32)33-5/h11,13,16,18-19,23,25-26,28H,8-10,12,14-15,17,20H2,1-7H3/b19-18+/t23-,25+,26-,28-/m0/s1. The van der Waals surface area contributed by atoms with E-state index in [1.165, 1.54) is 12.7 Å². The van der Waals surface area contributed by atoms with Crippen molar-refractivity contribution in [2.24, 2.45) is 5.92 Å². The molecule has 6 heteroatoms. The zero-order chi connectivity index (χ0) is 26.5. The van der Waals surface area contributed by atoms with Gasteiger partial charge in [0, 0.05) is 36.7 Å². The summed E-state index contributed by atoms with van der Waals surface area (Å²) in [5, 5.41) is 0.112. The molecule has 0 aromatic heterocycles. The number of unbranched alkanes of at least 4 members (excludes halogenated alkanes) is 2. The molecule has 1 fully saturated rings. The topological polar surface area (TPSA) is 61.8 Å². The highest BCUT2D eigenvalue weighted by molar-refractivity contribution is 6.74. The lowest BCUT2D eigenvalue weighted by molar-refractivity contribution is -0.140. The first kappa shape index (κ1) is 28.6. The Morgan fingerprint density at radius 1 is 1.14 bits per heavy atom. The number of rotatable bonds is 12. The van der Waals surface area contributed by atoms with Crippen LogP contribution in [0.25, 0.3) is 0 Å². The number of carbonyl (C=O) groups is 2. The molecule has 200 valence electrons. The van der Waals surface area contributed by atoms with Crippen LogP contribution in [0.2, 0.25) is 18.1 Å². The Bertz CT molecular complexity index is 945. The van der Waals surface area contributed by atoms with Crippen LogP contribution in [0.4, 0.5) is 0 Å². The van der Waals surface area contributed by atoms with Gasteiger partial charge in [-0.05, 0) is 49.0 Å². The number of para-hydroxylation sites is 1. The Morgan fingerprint density at radius 3 is 2.56 bits per heavy atom. The smallest absolute Gasteiger partial charge is 0.305 e. The summed E-state index contributed by atoms with van der Waals surface area (Å²) in [7, 11) is -0.567. The average molecular weight is 515 g/mol. The van der Waals surface area contributed by atoms with Crippen LogP contribution in [0, 0.1) is 5.92 Å². The molecule has 0 saturated heterocycles. The van der Waals surface area contributed by atoms with Gasteiger partial charge >= 0.3 is 5.97 Å². The molecule has 1 aliphatic carbocycles. The van der Waals surface area contributed by atoms with E-state index in [2.05, 4.69) is 65.1 Å². The maximum Gasteiger partial charge on any atom is 0.305 e. The molecule has 0 unspecified atom stereocenters. The highest BCUT2D eigenvalue weighted by Gasteiger charge is 2.52. The van der Waals surface area contributed by atoms with Gasteiger partial charge in [-0.2, -0.15) is 0 Å². The lowest BCUT2D eigenvalue weighted by Crippen LogP contribution is -2.45. The van der Waals surface area contributed by atoms with Crippen LogP contribution in [0.3, 0.4) is 0 Å². The maximum atomic E-state index is 12.6. The van der Waals surface area contributed by atoms with Crippen LogP contribution in [0.1, 0.15) is 89.7 Å². The molecule has 5 nitrogen and oxygen atoms in total. The van der Waals surface area contributed by atoms with Crippen molar-refractivity contribution in [3.63, 3.8) is 0 Å². The number of esters is 1. The van der Waals surface area contributed by atoms with Crippen molar-refractivity contribution >= 4 is 20.1 Å². The van der Waals surface area contributed by atoms with E-state index in [-0.39, 0.29) is 40.8 Å². The monoisotopic (exact) mass is 514 g/mol. The third-order valence-electron chi connectivity index (χ3n) is 8.30. The first-order valence-electron chi connectivity index (χ1n) is 13.7. The number of fused-ring (bicyclic) bond motifs is 3. The first-order valence-corrected chi connectivity index (χ1v) is 16.6.